The minimum absolute atomic E-state index is 0.00854. The van der Waals surface area contributed by atoms with E-state index in [0.29, 0.717) is 0 Å². The lowest BCUT2D eigenvalue weighted by molar-refractivity contribution is -0.704. The summed E-state index contributed by atoms with van der Waals surface area (Å²) in [7, 11) is 0. The number of thiophene rings is 1. The molecule has 0 unspecified atom stereocenters. The molecule has 1 aromatic heterocycles. The van der Waals surface area contributed by atoms with Gasteiger partial charge in [-0.05, 0) is 25.3 Å². The van der Waals surface area contributed by atoms with E-state index in [4.69, 9.17) is 5.73 Å². The molecule has 2 atom stereocenters. The van der Waals surface area contributed by atoms with E-state index in [9.17, 15) is 9.59 Å². The molecule has 0 saturated heterocycles. The Morgan fingerprint density at radius 1 is 1.23 bits per heavy atom. The van der Waals surface area contributed by atoms with Crippen LogP contribution in [0.25, 0.3) is 0 Å². The molecule has 1 heterocycles. The third-order valence-electron chi connectivity index (χ3n) is 3.43. The highest BCUT2D eigenvalue weighted by atomic mass is 32.1. The molecule has 0 aliphatic carbocycles. The molecule has 22 heavy (non-hydrogen) atoms. The number of nitrogens with two attached hydrogens (primary N) is 2. The molecule has 0 spiro atoms. The van der Waals surface area contributed by atoms with Gasteiger partial charge < -0.3 is 11.1 Å². The second kappa shape index (κ2) is 7.20. The third kappa shape index (κ3) is 4.16. The molecular weight excluding hydrogens is 298 g/mol. The van der Waals surface area contributed by atoms with Crippen molar-refractivity contribution in [2.45, 2.75) is 25.9 Å². The molecule has 5 nitrogen and oxygen atoms in total. The summed E-state index contributed by atoms with van der Waals surface area (Å²) in [5, 5.41) is 6.08. The second-order valence-corrected chi connectivity index (χ2v) is 6.22. The van der Waals surface area contributed by atoms with Crippen LogP contribution in [-0.4, -0.2) is 18.0 Å². The molecule has 2 rings (SSSR count). The monoisotopic (exact) mass is 318 g/mol. The number of aryl methyl sites for hydroxylation is 1. The minimum Gasteiger partial charge on any atom is -0.351 e. The van der Waals surface area contributed by atoms with Gasteiger partial charge in [0.25, 0.3) is 5.91 Å². The number of benzene rings is 1. The zero-order valence-electron chi connectivity index (χ0n) is 12.6. The van der Waals surface area contributed by atoms with Crippen molar-refractivity contribution in [2.75, 3.05) is 0 Å². The van der Waals surface area contributed by atoms with Crippen LogP contribution in [-0.2, 0) is 4.79 Å². The molecule has 0 aliphatic rings. The van der Waals surface area contributed by atoms with Gasteiger partial charge in [-0.25, -0.2) is 4.79 Å². The highest BCUT2D eigenvalue weighted by molar-refractivity contribution is 7.10. The summed E-state index contributed by atoms with van der Waals surface area (Å²) in [6, 6.07) is 11.0. The molecule has 0 radical (unpaired) electrons. The van der Waals surface area contributed by atoms with Crippen LogP contribution < -0.4 is 16.4 Å². The Hall–Kier alpha value is -2.18. The van der Waals surface area contributed by atoms with Gasteiger partial charge in [-0.15, -0.1) is 11.3 Å². The summed E-state index contributed by atoms with van der Waals surface area (Å²) in [5.74, 6) is -0.388. The Balaban J connectivity index is 2.21. The van der Waals surface area contributed by atoms with Gasteiger partial charge in [0.1, 0.15) is 6.04 Å². The Morgan fingerprint density at radius 3 is 2.45 bits per heavy atom. The van der Waals surface area contributed by atoms with E-state index in [2.05, 4.69) is 29.6 Å². The van der Waals surface area contributed by atoms with Crippen molar-refractivity contribution in [1.82, 2.24) is 5.32 Å². The first-order valence-electron chi connectivity index (χ1n) is 7.02. The fraction of sp³-hybridized carbons (Fsp3) is 0.250. The highest BCUT2D eigenvalue weighted by Crippen LogP contribution is 2.23. The summed E-state index contributed by atoms with van der Waals surface area (Å²) in [6.07, 6.45) is 0. The lowest BCUT2D eigenvalue weighted by atomic mass is 10.0. The summed E-state index contributed by atoms with van der Waals surface area (Å²) in [6.45, 7) is 3.80. The average molecular weight is 318 g/mol. The number of amides is 3. The topological polar surface area (TPSA) is 88.8 Å². The maximum atomic E-state index is 11.9. The first-order valence-corrected chi connectivity index (χ1v) is 7.90. The van der Waals surface area contributed by atoms with Gasteiger partial charge in [0, 0.05) is 5.56 Å². The van der Waals surface area contributed by atoms with Crippen molar-refractivity contribution in [1.29, 1.82) is 0 Å². The smallest absolute Gasteiger partial charge is 0.319 e. The second-order valence-electron chi connectivity index (χ2n) is 5.24. The molecular formula is C16H20N3O2S+. The number of imide groups is 1. The van der Waals surface area contributed by atoms with Gasteiger partial charge in [0.15, 0.2) is 6.04 Å². The molecule has 116 valence electrons. The first-order chi connectivity index (χ1) is 10.5. The largest absolute Gasteiger partial charge is 0.351 e. The van der Waals surface area contributed by atoms with E-state index in [-0.39, 0.29) is 11.9 Å². The lowest BCUT2D eigenvalue weighted by Crippen LogP contribution is -2.92. The number of hydrogen-bond acceptors (Lipinski definition) is 3. The molecule has 1 aromatic carbocycles. The van der Waals surface area contributed by atoms with Crippen molar-refractivity contribution in [3.8, 4) is 0 Å². The Morgan fingerprint density at radius 2 is 1.91 bits per heavy atom. The normalized spacial score (nSPS) is 13.4. The molecule has 0 bridgehead atoms. The quantitative estimate of drug-likeness (QED) is 0.775. The molecule has 2 aromatic rings. The van der Waals surface area contributed by atoms with Crippen molar-refractivity contribution in [3.05, 3.63) is 57.8 Å². The van der Waals surface area contributed by atoms with Crippen molar-refractivity contribution < 1.29 is 14.9 Å². The number of primary amides is 1. The van der Waals surface area contributed by atoms with Crippen molar-refractivity contribution >= 4 is 23.3 Å². The summed E-state index contributed by atoms with van der Waals surface area (Å²) >= 11 is 1.64. The van der Waals surface area contributed by atoms with Gasteiger partial charge in [0.2, 0.25) is 0 Å². The number of nitrogens with one attached hydrogen (secondary N) is 1. The van der Waals surface area contributed by atoms with Gasteiger partial charge in [0.05, 0.1) is 4.88 Å². The highest BCUT2D eigenvalue weighted by Gasteiger charge is 2.26. The number of quaternary nitrogens is 1. The van der Waals surface area contributed by atoms with E-state index in [1.165, 1.54) is 5.56 Å². The maximum Gasteiger partial charge on any atom is 0.319 e. The number of carbonyl (C=O) groups excluding carboxylic acids is 2. The fourth-order valence-electron chi connectivity index (χ4n) is 2.22. The zero-order valence-corrected chi connectivity index (χ0v) is 13.4. The molecule has 6 heteroatoms. The van der Waals surface area contributed by atoms with Gasteiger partial charge in [-0.3, -0.25) is 10.1 Å². The molecule has 0 aliphatic heterocycles. The Kier molecular flexibility index (Phi) is 5.30. The number of rotatable bonds is 5. The van der Waals surface area contributed by atoms with E-state index in [1.54, 1.807) is 18.3 Å². The SMILES string of the molecule is Cc1ccc([C@H]([NH2+][C@@H](C)C(=O)NC(N)=O)c2cccs2)cc1. The molecule has 5 N–H and O–H groups in total. The number of carbonyl (C=O) groups is 2. The predicted octanol–water partition coefficient (Wildman–Crippen LogP) is 1.29. The van der Waals surface area contributed by atoms with E-state index in [0.717, 1.165) is 10.4 Å². The van der Waals surface area contributed by atoms with Crippen LogP contribution >= 0.6 is 11.3 Å². The maximum absolute atomic E-state index is 11.9. The summed E-state index contributed by atoms with van der Waals surface area (Å²) in [5.41, 5.74) is 7.31. The molecule has 0 fully saturated rings. The van der Waals surface area contributed by atoms with Crippen LogP contribution in [0.3, 0.4) is 0 Å². The van der Waals surface area contributed by atoms with Crippen LogP contribution in [0.5, 0.6) is 0 Å². The standard InChI is InChI=1S/C16H19N3O2S/c1-10-5-7-12(8-6-10)14(13-4-3-9-22-13)18-11(2)15(20)19-16(17)21/h3-9,11,14,18H,1-2H3,(H3,17,19,20,21)/p+1/t11-,14-/m0/s1. The van der Waals surface area contributed by atoms with Crippen LogP contribution in [0.2, 0.25) is 0 Å². The Labute approximate surface area is 133 Å². The van der Waals surface area contributed by atoms with Crippen LogP contribution in [0.1, 0.15) is 29.0 Å². The van der Waals surface area contributed by atoms with Gasteiger partial charge in [-0.1, -0.05) is 35.9 Å². The van der Waals surface area contributed by atoms with Crippen molar-refractivity contribution in [2.24, 2.45) is 5.73 Å². The third-order valence-corrected chi connectivity index (χ3v) is 4.38. The number of urea groups is 1. The molecule has 3 amide bonds. The predicted molar refractivity (Wildman–Crippen MR) is 86.5 cm³/mol. The van der Waals surface area contributed by atoms with Crippen LogP contribution in [0.4, 0.5) is 4.79 Å². The number of hydrogen-bond donors (Lipinski definition) is 3. The summed E-state index contributed by atoms with van der Waals surface area (Å²) in [4.78, 5) is 23.9. The van der Waals surface area contributed by atoms with Crippen LogP contribution in [0.15, 0.2) is 41.8 Å². The van der Waals surface area contributed by atoms with Gasteiger partial charge in [-0.2, -0.15) is 0 Å². The van der Waals surface area contributed by atoms with E-state index < -0.39 is 12.1 Å². The Bertz CT molecular complexity index is 638. The van der Waals surface area contributed by atoms with Crippen LogP contribution in [0, 0.1) is 6.92 Å². The van der Waals surface area contributed by atoms with E-state index in [1.807, 2.05) is 29.8 Å². The van der Waals surface area contributed by atoms with Crippen molar-refractivity contribution in [3.63, 3.8) is 0 Å². The fourth-order valence-corrected chi connectivity index (χ4v) is 3.06. The first kappa shape index (κ1) is 16.2. The zero-order chi connectivity index (χ0) is 16.1. The summed E-state index contributed by atoms with van der Waals surface area (Å²) < 4.78 is 0. The average Bonchev–Trinajstić information content (AvgIpc) is 2.98. The lowest BCUT2D eigenvalue weighted by Gasteiger charge is -2.19. The minimum atomic E-state index is -0.826. The molecule has 0 saturated carbocycles. The van der Waals surface area contributed by atoms with E-state index >= 15 is 0 Å². The van der Waals surface area contributed by atoms with Gasteiger partial charge >= 0.3 is 6.03 Å².